The van der Waals surface area contributed by atoms with Crippen molar-refractivity contribution in [3.63, 3.8) is 0 Å². The number of carbonyl (C=O) groups is 1. The summed E-state index contributed by atoms with van der Waals surface area (Å²) >= 11 is 0. The first-order valence-corrected chi connectivity index (χ1v) is 6.76. The average molecular weight is 287 g/mol. The van der Waals surface area contributed by atoms with Gasteiger partial charge in [0.2, 0.25) is 0 Å². The van der Waals surface area contributed by atoms with Gasteiger partial charge in [0.05, 0.1) is 12.7 Å². The van der Waals surface area contributed by atoms with E-state index in [-0.39, 0.29) is 17.8 Å². The van der Waals surface area contributed by atoms with Crippen LogP contribution in [0.25, 0.3) is 0 Å². The second-order valence-corrected chi connectivity index (χ2v) is 4.84. The van der Waals surface area contributed by atoms with Crippen LogP contribution in [-0.2, 0) is 11.3 Å². The smallest absolute Gasteiger partial charge is 0.337 e. The molecule has 3 nitrogen and oxygen atoms in total. The lowest BCUT2D eigenvalue weighted by molar-refractivity contribution is 0.0600. The van der Waals surface area contributed by atoms with E-state index in [0.717, 1.165) is 11.1 Å². The second kappa shape index (κ2) is 6.99. The van der Waals surface area contributed by atoms with Gasteiger partial charge in [-0.05, 0) is 42.3 Å². The number of halogens is 1. The predicted molar refractivity (Wildman–Crippen MR) is 79.4 cm³/mol. The first-order chi connectivity index (χ1) is 10.1. The summed E-state index contributed by atoms with van der Waals surface area (Å²) in [5.41, 5.74) is 2.63. The summed E-state index contributed by atoms with van der Waals surface area (Å²) in [6, 6.07) is 13.8. The minimum atomic E-state index is -0.339. The fourth-order valence-electron chi connectivity index (χ4n) is 2.02. The van der Waals surface area contributed by atoms with Gasteiger partial charge in [-0.25, -0.2) is 9.18 Å². The van der Waals surface area contributed by atoms with E-state index in [1.54, 1.807) is 24.3 Å². The number of hydrogen-bond acceptors (Lipinski definition) is 3. The average Bonchev–Trinajstić information content (AvgIpc) is 2.53. The van der Waals surface area contributed by atoms with Crippen molar-refractivity contribution in [2.75, 3.05) is 7.11 Å². The molecule has 2 rings (SSSR count). The summed E-state index contributed by atoms with van der Waals surface area (Å²) < 4.78 is 17.5. The maximum absolute atomic E-state index is 12.9. The lowest BCUT2D eigenvalue weighted by atomic mass is 10.1. The molecule has 0 saturated heterocycles. The van der Waals surface area contributed by atoms with E-state index in [0.29, 0.717) is 12.1 Å². The molecule has 21 heavy (non-hydrogen) atoms. The second-order valence-electron chi connectivity index (χ2n) is 4.84. The molecule has 2 aromatic rings. The molecule has 4 heteroatoms. The zero-order valence-corrected chi connectivity index (χ0v) is 12.1. The van der Waals surface area contributed by atoms with Gasteiger partial charge in [0.15, 0.2) is 0 Å². The van der Waals surface area contributed by atoms with Crippen LogP contribution in [0.2, 0.25) is 0 Å². The van der Waals surface area contributed by atoms with Crippen molar-refractivity contribution < 1.29 is 13.9 Å². The van der Waals surface area contributed by atoms with Gasteiger partial charge in [0.25, 0.3) is 0 Å². The fraction of sp³-hybridized carbons (Fsp3) is 0.235. The third-order valence-corrected chi connectivity index (χ3v) is 3.36. The molecule has 0 spiro atoms. The molecule has 1 atom stereocenters. The molecule has 0 aliphatic heterocycles. The van der Waals surface area contributed by atoms with Crippen molar-refractivity contribution in [1.82, 2.24) is 5.32 Å². The highest BCUT2D eigenvalue weighted by molar-refractivity contribution is 5.89. The largest absolute Gasteiger partial charge is 0.465 e. The third kappa shape index (κ3) is 4.13. The highest BCUT2D eigenvalue weighted by atomic mass is 19.1. The van der Waals surface area contributed by atoms with Crippen LogP contribution in [0.15, 0.2) is 48.5 Å². The van der Waals surface area contributed by atoms with E-state index >= 15 is 0 Å². The molecule has 0 aliphatic rings. The SMILES string of the molecule is COC(=O)c1ccc(CNC(C)c2ccc(F)cc2)cc1. The molecule has 0 saturated carbocycles. The molecule has 110 valence electrons. The molecule has 0 amide bonds. The van der Waals surface area contributed by atoms with Gasteiger partial charge in [-0.3, -0.25) is 0 Å². The number of nitrogens with one attached hydrogen (secondary N) is 1. The number of esters is 1. The first-order valence-electron chi connectivity index (χ1n) is 6.76. The highest BCUT2D eigenvalue weighted by Gasteiger charge is 2.07. The molecule has 2 aromatic carbocycles. The van der Waals surface area contributed by atoms with E-state index in [1.807, 2.05) is 19.1 Å². The Morgan fingerprint density at radius 3 is 2.33 bits per heavy atom. The monoisotopic (exact) mass is 287 g/mol. The van der Waals surface area contributed by atoms with E-state index < -0.39 is 0 Å². The number of carbonyl (C=O) groups excluding carboxylic acids is 1. The van der Waals surface area contributed by atoms with Crippen LogP contribution in [0.5, 0.6) is 0 Å². The summed E-state index contributed by atoms with van der Waals surface area (Å²) in [5.74, 6) is -0.571. The number of benzene rings is 2. The van der Waals surface area contributed by atoms with Crippen molar-refractivity contribution in [2.24, 2.45) is 0 Å². The van der Waals surface area contributed by atoms with E-state index in [2.05, 4.69) is 10.1 Å². The van der Waals surface area contributed by atoms with Crippen LogP contribution in [0, 0.1) is 5.82 Å². The predicted octanol–water partition coefficient (Wildman–Crippen LogP) is 3.46. The summed E-state index contributed by atoms with van der Waals surface area (Å²) in [7, 11) is 1.36. The number of ether oxygens (including phenoxy) is 1. The molecule has 1 N–H and O–H groups in total. The maximum Gasteiger partial charge on any atom is 0.337 e. The van der Waals surface area contributed by atoms with E-state index in [9.17, 15) is 9.18 Å². The first kappa shape index (κ1) is 15.2. The van der Waals surface area contributed by atoms with E-state index in [4.69, 9.17) is 0 Å². The molecule has 0 aromatic heterocycles. The lowest BCUT2D eigenvalue weighted by Gasteiger charge is -2.14. The minimum Gasteiger partial charge on any atom is -0.465 e. The zero-order valence-electron chi connectivity index (χ0n) is 12.1. The van der Waals surface area contributed by atoms with E-state index in [1.165, 1.54) is 19.2 Å². The number of rotatable bonds is 5. The fourth-order valence-corrected chi connectivity index (χ4v) is 2.02. The Morgan fingerprint density at radius 1 is 1.14 bits per heavy atom. The molecule has 0 radical (unpaired) electrons. The van der Waals surface area contributed by atoms with Crippen LogP contribution in [0.1, 0.15) is 34.5 Å². The van der Waals surface area contributed by atoms with Crippen LogP contribution in [0.4, 0.5) is 4.39 Å². The van der Waals surface area contributed by atoms with Gasteiger partial charge in [-0.2, -0.15) is 0 Å². The van der Waals surface area contributed by atoms with Gasteiger partial charge in [0.1, 0.15) is 5.82 Å². The Morgan fingerprint density at radius 2 is 1.76 bits per heavy atom. The Kier molecular flexibility index (Phi) is 5.06. The summed E-state index contributed by atoms with van der Waals surface area (Å²) in [6.07, 6.45) is 0. The molecular formula is C17H18FNO2. The Balaban J connectivity index is 1.93. The van der Waals surface area contributed by atoms with Gasteiger partial charge < -0.3 is 10.1 Å². The van der Waals surface area contributed by atoms with Crippen LogP contribution in [0.3, 0.4) is 0 Å². The molecular weight excluding hydrogens is 269 g/mol. The Hall–Kier alpha value is -2.20. The van der Waals surface area contributed by atoms with Crippen molar-refractivity contribution in [3.05, 3.63) is 71.0 Å². The quantitative estimate of drug-likeness (QED) is 0.856. The standard InChI is InChI=1S/C17H18FNO2/c1-12(14-7-9-16(18)10-8-14)19-11-13-3-5-15(6-4-13)17(20)21-2/h3-10,12,19H,11H2,1-2H3. The zero-order chi connectivity index (χ0) is 15.2. The van der Waals surface area contributed by atoms with Gasteiger partial charge in [0, 0.05) is 12.6 Å². The summed E-state index contributed by atoms with van der Waals surface area (Å²) in [5, 5.41) is 3.36. The molecule has 0 aliphatic carbocycles. The maximum atomic E-state index is 12.9. The molecule has 0 fully saturated rings. The van der Waals surface area contributed by atoms with Crippen molar-refractivity contribution in [1.29, 1.82) is 0 Å². The molecule has 0 heterocycles. The van der Waals surface area contributed by atoms with Crippen molar-refractivity contribution in [3.8, 4) is 0 Å². The molecule has 1 unspecified atom stereocenters. The normalized spacial score (nSPS) is 12.0. The summed E-state index contributed by atoms with van der Waals surface area (Å²) in [4.78, 5) is 11.3. The number of methoxy groups -OCH3 is 1. The van der Waals surface area contributed by atoms with Crippen molar-refractivity contribution in [2.45, 2.75) is 19.5 Å². The Bertz CT molecular complexity index is 593. The highest BCUT2D eigenvalue weighted by Crippen LogP contribution is 2.14. The lowest BCUT2D eigenvalue weighted by Crippen LogP contribution is -2.18. The van der Waals surface area contributed by atoms with Crippen LogP contribution < -0.4 is 5.32 Å². The van der Waals surface area contributed by atoms with Gasteiger partial charge >= 0.3 is 5.97 Å². The topological polar surface area (TPSA) is 38.3 Å². The van der Waals surface area contributed by atoms with Gasteiger partial charge in [-0.1, -0.05) is 24.3 Å². The Labute approximate surface area is 123 Å². The molecule has 0 bridgehead atoms. The van der Waals surface area contributed by atoms with Crippen LogP contribution in [-0.4, -0.2) is 13.1 Å². The minimum absolute atomic E-state index is 0.117. The van der Waals surface area contributed by atoms with Crippen molar-refractivity contribution >= 4 is 5.97 Å². The van der Waals surface area contributed by atoms with Gasteiger partial charge in [-0.15, -0.1) is 0 Å². The summed E-state index contributed by atoms with van der Waals surface area (Å²) in [6.45, 7) is 2.69. The van der Waals surface area contributed by atoms with Crippen LogP contribution >= 0.6 is 0 Å². The third-order valence-electron chi connectivity index (χ3n) is 3.36. The number of hydrogen-bond donors (Lipinski definition) is 1.